The molecule has 2 fully saturated rings. The molecular weight excluding hydrogens is 488 g/mol. The summed E-state index contributed by atoms with van der Waals surface area (Å²) in [6.45, 7) is 5.90. The number of fused-ring (bicyclic) bond motifs is 2. The van der Waals surface area contributed by atoms with Crippen molar-refractivity contribution in [1.82, 2.24) is 9.88 Å². The van der Waals surface area contributed by atoms with Crippen molar-refractivity contribution in [2.45, 2.75) is 38.8 Å². The quantitative estimate of drug-likeness (QED) is 0.531. The molecule has 3 aromatic rings. The number of ether oxygens (including phenoxy) is 1. The molecule has 3 aliphatic rings. The van der Waals surface area contributed by atoms with E-state index in [-0.39, 0.29) is 17.5 Å². The number of aromatic nitrogens is 1. The van der Waals surface area contributed by atoms with Crippen molar-refractivity contribution in [3.05, 3.63) is 64.3 Å². The molecule has 1 amide bonds. The summed E-state index contributed by atoms with van der Waals surface area (Å²) in [6, 6.07) is 14.0. The first kappa shape index (κ1) is 25.2. The zero-order valence-electron chi connectivity index (χ0n) is 21.3. The van der Waals surface area contributed by atoms with Gasteiger partial charge in [-0.1, -0.05) is 35.9 Å². The maximum Gasteiger partial charge on any atom is 0.339 e. The highest BCUT2D eigenvalue weighted by molar-refractivity contribution is 7.15. The number of anilines is 1. The molecule has 0 bridgehead atoms. The molecule has 6 rings (SSSR count). The maximum atomic E-state index is 13.2. The van der Waals surface area contributed by atoms with Gasteiger partial charge < -0.3 is 25.4 Å². The number of carbonyl (C=O) groups excluding carboxylic acids is 1. The van der Waals surface area contributed by atoms with E-state index in [1.54, 1.807) is 23.5 Å². The molecule has 9 heteroatoms. The lowest BCUT2D eigenvalue weighted by molar-refractivity contribution is 0.0686. The first-order valence-electron chi connectivity index (χ1n) is 12.6. The number of benzene rings is 2. The van der Waals surface area contributed by atoms with Crippen LogP contribution in [0.4, 0.5) is 5.69 Å². The van der Waals surface area contributed by atoms with Gasteiger partial charge in [0.15, 0.2) is 5.75 Å². The normalized spacial score (nSPS) is 21.4. The molecule has 3 atom stereocenters. The fourth-order valence-electron chi connectivity index (χ4n) is 5.31. The Balaban J connectivity index is 0.000000171. The second-order valence-electron chi connectivity index (χ2n) is 9.91. The van der Waals surface area contributed by atoms with Gasteiger partial charge in [-0.2, -0.15) is 0 Å². The maximum absolute atomic E-state index is 13.2. The van der Waals surface area contributed by atoms with Crippen molar-refractivity contribution < 1.29 is 19.4 Å². The molecular formula is C28H32N4O4S. The molecule has 3 N–H and O–H groups in total. The van der Waals surface area contributed by atoms with Crippen molar-refractivity contribution in [2.75, 3.05) is 31.6 Å². The van der Waals surface area contributed by atoms with Crippen LogP contribution in [0.3, 0.4) is 0 Å². The van der Waals surface area contributed by atoms with Gasteiger partial charge in [-0.25, -0.2) is 9.78 Å². The van der Waals surface area contributed by atoms with Gasteiger partial charge in [0, 0.05) is 25.7 Å². The van der Waals surface area contributed by atoms with Gasteiger partial charge in [0.2, 0.25) is 0 Å². The van der Waals surface area contributed by atoms with Gasteiger partial charge in [0.05, 0.1) is 22.1 Å². The number of carboxylic acid groups (broad SMARTS) is 1. The molecule has 3 heterocycles. The molecule has 1 aliphatic carbocycles. The van der Waals surface area contributed by atoms with Gasteiger partial charge in [-0.15, -0.1) is 11.3 Å². The van der Waals surface area contributed by atoms with Crippen LogP contribution in [-0.2, 0) is 0 Å². The molecule has 194 valence electrons. The highest BCUT2D eigenvalue weighted by Crippen LogP contribution is 2.48. The summed E-state index contributed by atoms with van der Waals surface area (Å²) in [4.78, 5) is 33.6. The Hall–Kier alpha value is -3.43. The third-order valence-electron chi connectivity index (χ3n) is 7.24. The summed E-state index contributed by atoms with van der Waals surface area (Å²) in [7, 11) is 1.92. The molecule has 0 spiro atoms. The van der Waals surface area contributed by atoms with E-state index in [0.29, 0.717) is 36.6 Å². The number of aromatic carboxylic acids is 1. The van der Waals surface area contributed by atoms with Gasteiger partial charge >= 0.3 is 5.97 Å². The third kappa shape index (κ3) is 4.93. The summed E-state index contributed by atoms with van der Waals surface area (Å²) in [6.07, 6.45) is 2.18. The summed E-state index contributed by atoms with van der Waals surface area (Å²) < 4.78 is 5.36. The number of carbonyl (C=O) groups is 2. The van der Waals surface area contributed by atoms with Crippen molar-refractivity contribution >= 4 is 28.9 Å². The van der Waals surface area contributed by atoms with E-state index in [9.17, 15) is 9.59 Å². The number of carboxylic acids is 1. The van der Waals surface area contributed by atoms with E-state index < -0.39 is 5.97 Å². The summed E-state index contributed by atoms with van der Waals surface area (Å²) >= 11 is 1.60. The number of nitrogens with two attached hydrogens (primary N) is 1. The fraction of sp³-hybridized carbons (Fsp3) is 0.393. The molecule has 2 aromatic carbocycles. The van der Waals surface area contributed by atoms with E-state index in [2.05, 4.69) is 30.1 Å². The number of aryl methyl sites for hydroxylation is 2. The molecule has 1 saturated heterocycles. The van der Waals surface area contributed by atoms with Gasteiger partial charge in [0.25, 0.3) is 5.91 Å². The number of likely N-dealkylation sites (tertiary alicyclic amines) is 1. The Labute approximate surface area is 220 Å². The second kappa shape index (κ2) is 10.1. The van der Waals surface area contributed by atoms with Crippen LogP contribution in [0.5, 0.6) is 5.75 Å². The van der Waals surface area contributed by atoms with Crippen LogP contribution in [0.15, 0.2) is 42.5 Å². The van der Waals surface area contributed by atoms with Crippen LogP contribution in [0.25, 0.3) is 10.4 Å². The van der Waals surface area contributed by atoms with Crippen molar-refractivity contribution in [3.63, 3.8) is 0 Å². The zero-order chi connectivity index (χ0) is 26.3. The average molecular weight is 521 g/mol. The number of amides is 1. The lowest BCUT2D eigenvalue weighted by Crippen LogP contribution is -2.42. The summed E-state index contributed by atoms with van der Waals surface area (Å²) in [5.74, 6) is 0.256. The van der Waals surface area contributed by atoms with Crippen LogP contribution < -0.4 is 15.4 Å². The number of para-hydroxylation sites is 1. The largest absolute Gasteiger partial charge is 0.489 e. The molecule has 0 radical (unpaired) electrons. The minimum atomic E-state index is -0.947. The molecule has 8 nitrogen and oxygen atoms in total. The number of hydrogen-bond donors (Lipinski definition) is 2. The second-order valence-corrected chi connectivity index (χ2v) is 11.1. The first-order valence-corrected chi connectivity index (χ1v) is 13.4. The Bertz CT molecular complexity index is 1340. The minimum absolute atomic E-state index is 0.0614. The first-order chi connectivity index (χ1) is 17.8. The fourth-order valence-corrected chi connectivity index (χ4v) is 6.22. The predicted molar refractivity (Wildman–Crippen MR) is 145 cm³/mol. The average Bonchev–Trinajstić information content (AvgIpc) is 3.37. The van der Waals surface area contributed by atoms with E-state index in [0.717, 1.165) is 40.5 Å². The molecule has 2 aliphatic heterocycles. The van der Waals surface area contributed by atoms with Crippen molar-refractivity contribution in [2.24, 2.45) is 11.7 Å². The predicted octanol–water partition coefficient (Wildman–Crippen LogP) is 4.20. The van der Waals surface area contributed by atoms with Crippen LogP contribution >= 0.6 is 11.3 Å². The topological polar surface area (TPSA) is 109 Å². The SMILES string of the molecule is CN1CCOc2c(C(=O)O)cccc21.Cc1cccc(-c2sc(C)nc2C(=O)N2[C@H](CN)C[C@@H]3C[C@@H]32)c1. The van der Waals surface area contributed by atoms with Crippen LogP contribution in [0.1, 0.15) is 44.3 Å². The summed E-state index contributed by atoms with van der Waals surface area (Å²) in [5.41, 5.74) is 9.83. The van der Waals surface area contributed by atoms with Crippen molar-refractivity contribution in [3.8, 4) is 16.2 Å². The highest BCUT2D eigenvalue weighted by Gasteiger charge is 2.54. The Morgan fingerprint density at radius 1 is 1.19 bits per heavy atom. The zero-order valence-corrected chi connectivity index (χ0v) is 22.1. The van der Waals surface area contributed by atoms with Crippen molar-refractivity contribution in [1.29, 1.82) is 0 Å². The Kier molecular flexibility index (Phi) is 6.92. The number of hydrogen-bond acceptors (Lipinski definition) is 7. The van der Waals surface area contributed by atoms with Gasteiger partial charge in [0.1, 0.15) is 17.9 Å². The molecule has 1 aromatic heterocycles. The number of thiazole rings is 1. The molecule has 37 heavy (non-hydrogen) atoms. The minimum Gasteiger partial charge on any atom is -0.489 e. The van der Waals surface area contributed by atoms with E-state index in [4.69, 9.17) is 15.6 Å². The van der Waals surface area contributed by atoms with Crippen LogP contribution in [0, 0.1) is 19.8 Å². The monoisotopic (exact) mass is 520 g/mol. The summed E-state index contributed by atoms with van der Waals surface area (Å²) in [5, 5.41) is 9.86. The lowest BCUT2D eigenvalue weighted by atomic mass is 10.1. The Morgan fingerprint density at radius 2 is 1.97 bits per heavy atom. The van der Waals surface area contributed by atoms with E-state index >= 15 is 0 Å². The third-order valence-corrected chi connectivity index (χ3v) is 8.26. The number of likely N-dealkylation sites (N-methyl/N-ethyl adjacent to an activating group) is 1. The molecule has 0 unspecified atom stereocenters. The standard InChI is InChI=1S/C18H21N3OS.C10H11NO3/c1-10-4-3-5-12(6-10)17-16(20-11(2)23-17)18(22)21-14(9-19)7-13-8-15(13)21;1-11-5-6-14-9-7(10(12)13)3-2-4-8(9)11/h3-6,13-15H,7-9,19H2,1-2H3;2-4H,5-6H2,1H3,(H,12,13)/t13-,14+,15+;/m1./s1. The number of rotatable bonds is 4. The number of nitrogens with zero attached hydrogens (tertiary/aromatic N) is 3. The van der Waals surface area contributed by atoms with Crippen LogP contribution in [0.2, 0.25) is 0 Å². The van der Waals surface area contributed by atoms with E-state index in [1.807, 2.05) is 35.9 Å². The molecule has 1 saturated carbocycles. The van der Waals surface area contributed by atoms with Gasteiger partial charge in [-0.05, 0) is 50.3 Å². The van der Waals surface area contributed by atoms with E-state index in [1.165, 1.54) is 5.56 Å². The number of piperidine rings is 1. The van der Waals surface area contributed by atoms with Crippen LogP contribution in [-0.4, -0.2) is 65.7 Å². The Morgan fingerprint density at radius 3 is 2.70 bits per heavy atom. The smallest absolute Gasteiger partial charge is 0.339 e. The highest BCUT2D eigenvalue weighted by atomic mass is 32.1. The lowest BCUT2D eigenvalue weighted by Gasteiger charge is -2.28. The van der Waals surface area contributed by atoms with Gasteiger partial charge in [-0.3, -0.25) is 4.79 Å².